The van der Waals surface area contributed by atoms with Gasteiger partial charge in [-0.1, -0.05) is 60.1 Å². The molecule has 0 unspecified atom stereocenters. The van der Waals surface area contributed by atoms with E-state index in [1.807, 2.05) is 43.3 Å². The van der Waals surface area contributed by atoms with Crippen LogP contribution in [-0.2, 0) is 23.2 Å². The summed E-state index contributed by atoms with van der Waals surface area (Å²) in [4.78, 5) is 9.34. The zero-order chi connectivity index (χ0) is 22.6. The summed E-state index contributed by atoms with van der Waals surface area (Å²) >= 11 is 0. The number of rotatable bonds is 5. The van der Waals surface area contributed by atoms with Crippen molar-refractivity contribution in [3.8, 4) is 0 Å². The van der Waals surface area contributed by atoms with Gasteiger partial charge in [0.1, 0.15) is 15.6 Å². The first kappa shape index (κ1) is 22.3. The quantitative estimate of drug-likeness (QED) is 0.271. The molecule has 31 heavy (non-hydrogen) atoms. The van der Waals surface area contributed by atoms with Crippen LogP contribution in [-0.4, -0.2) is 27.5 Å². The molecule has 0 saturated heterocycles. The van der Waals surface area contributed by atoms with Gasteiger partial charge in [0.05, 0.1) is 18.0 Å². The van der Waals surface area contributed by atoms with Crippen LogP contribution in [0.2, 0.25) is 0 Å². The minimum Gasteiger partial charge on any atom is -0.744 e. The molecular formula is C23H24N4O3S. The van der Waals surface area contributed by atoms with E-state index in [1.165, 1.54) is 12.1 Å². The molecule has 7 nitrogen and oxygen atoms in total. The SMILES string of the molecule is C=CCn1c(C)[n+](CC=C)c2nc3ccccc3nc21.Cc1ccc(S(=O)(=O)[O-])cc1. The second-order valence-corrected chi connectivity index (χ2v) is 8.35. The van der Waals surface area contributed by atoms with Crippen LogP contribution in [0.25, 0.3) is 22.3 Å². The lowest BCUT2D eigenvalue weighted by Gasteiger charge is -2.05. The molecule has 0 atom stereocenters. The van der Waals surface area contributed by atoms with E-state index in [0.717, 1.165) is 46.8 Å². The molecule has 2 heterocycles. The van der Waals surface area contributed by atoms with Gasteiger partial charge in [0.15, 0.2) is 5.52 Å². The number of benzene rings is 2. The lowest BCUT2D eigenvalue weighted by atomic mass is 10.2. The summed E-state index contributed by atoms with van der Waals surface area (Å²) in [6.07, 6.45) is 3.75. The van der Waals surface area contributed by atoms with Gasteiger partial charge < -0.3 is 4.55 Å². The first-order valence-corrected chi connectivity index (χ1v) is 11.1. The average molecular weight is 437 g/mol. The minimum atomic E-state index is -4.27. The molecule has 0 amide bonds. The summed E-state index contributed by atoms with van der Waals surface area (Å²) in [7, 11) is -4.27. The molecule has 0 aliphatic carbocycles. The van der Waals surface area contributed by atoms with E-state index in [0.29, 0.717) is 0 Å². The molecule has 0 aliphatic heterocycles. The number of aryl methyl sites for hydroxylation is 1. The lowest BCUT2D eigenvalue weighted by molar-refractivity contribution is -0.669. The molecule has 0 N–H and O–H groups in total. The zero-order valence-electron chi connectivity index (χ0n) is 17.5. The molecule has 4 aromatic rings. The highest BCUT2D eigenvalue weighted by atomic mass is 32.2. The molecule has 160 valence electrons. The van der Waals surface area contributed by atoms with Crippen LogP contribution in [0.3, 0.4) is 0 Å². The first-order valence-electron chi connectivity index (χ1n) is 9.66. The minimum absolute atomic E-state index is 0.178. The molecule has 0 fully saturated rings. The summed E-state index contributed by atoms with van der Waals surface area (Å²) < 4.78 is 35.4. The highest BCUT2D eigenvalue weighted by molar-refractivity contribution is 7.85. The standard InChI is InChI=1S/C16H17N4.C7H8O3S/c1-4-10-19-12(3)20(11-5-2)16-15(19)17-13-8-6-7-9-14(13)18-16;1-6-2-4-7(5-3-6)11(8,9)10/h4-9H,1-2,10-11H2,3H3;2-5H,1H3,(H,8,9,10)/q+1;/p-1. The predicted octanol–water partition coefficient (Wildman–Crippen LogP) is 3.45. The number of fused-ring (bicyclic) bond motifs is 2. The van der Waals surface area contributed by atoms with Gasteiger partial charge in [0, 0.05) is 6.92 Å². The Morgan fingerprint density at radius 2 is 1.61 bits per heavy atom. The Labute approximate surface area is 181 Å². The Bertz CT molecular complexity index is 1290. The number of hydrogen-bond acceptors (Lipinski definition) is 5. The van der Waals surface area contributed by atoms with Crippen molar-refractivity contribution in [3.63, 3.8) is 0 Å². The van der Waals surface area contributed by atoms with E-state index < -0.39 is 10.1 Å². The van der Waals surface area contributed by atoms with Crippen molar-refractivity contribution in [2.24, 2.45) is 0 Å². The van der Waals surface area contributed by atoms with Crippen molar-refractivity contribution < 1.29 is 17.5 Å². The molecule has 0 aliphatic rings. The summed E-state index contributed by atoms with van der Waals surface area (Å²) in [5.74, 6) is 1.11. The van der Waals surface area contributed by atoms with Crippen molar-refractivity contribution in [1.82, 2.24) is 14.5 Å². The van der Waals surface area contributed by atoms with Crippen molar-refractivity contribution in [2.45, 2.75) is 31.8 Å². The van der Waals surface area contributed by atoms with Crippen LogP contribution >= 0.6 is 0 Å². The van der Waals surface area contributed by atoms with Crippen LogP contribution < -0.4 is 4.57 Å². The van der Waals surface area contributed by atoms with Crippen LogP contribution in [0.4, 0.5) is 0 Å². The van der Waals surface area contributed by atoms with E-state index in [4.69, 9.17) is 9.97 Å². The summed E-state index contributed by atoms with van der Waals surface area (Å²) in [6, 6.07) is 13.7. The van der Waals surface area contributed by atoms with Gasteiger partial charge in [0.2, 0.25) is 5.82 Å². The smallest absolute Gasteiger partial charge is 0.323 e. The van der Waals surface area contributed by atoms with Crippen LogP contribution in [0, 0.1) is 13.8 Å². The topological polar surface area (TPSA) is 91.8 Å². The number of aromatic nitrogens is 4. The lowest BCUT2D eigenvalue weighted by Crippen LogP contribution is -2.36. The third-order valence-corrected chi connectivity index (χ3v) is 5.61. The molecule has 4 rings (SSSR count). The second-order valence-electron chi connectivity index (χ2n) is 6.97. The average Bonchev–Trinajstić information content (AvgIpc) is 2.98. The molecule has 8 heteroatoms. The van der Waals surface area contributed by atoms with Gasteiger partial charge in [-0.15, -0.1) is 0 Å². The Kier molecular flexibility index (Phi) is 6.62. The van der Waals surface area contributed by atoms with Gasteiger partial charge in [-0.05, 0) is 31.2 Å². The maximum atomic E-state index is 10.4. The van der Waals surface area contributed by atoms with Gasteiger partial charge in [-0.25, -0.2) is 22.5 Å². The largest absolute Gasteiger partial charge is 0.744 e. The third kappa shape index (κ3) is 4.87. The molecule has 0 saturated carbocycles. The van der Waals surface area contributed by atoms with Crippen molar-refractivity contribution in [1.29, 1.82) is 0 Å². The Balaban J connectivity index is 0.000000210. The van der Waals surface area contributed by atoms with Crippen molar-refractivity contribution in [2.75, 3.05) is 0 Å². The fourth-order valence-corrected chi connectivity index (χ4v) is 3.67. The van der Waals surface area contributed by atoms with Gasteiger partial charge in [0.25, 0.3) is 5.65 Å². The maximum Gasteiger partial charge on any atom is 0.323 e. The van der Waals surface area contributed by atoms with E-state index in [2.05, 4.69) is 29.2 Å². The molecular weight excluding hydrogens is 412 g/mol. The predicted molar refractivity (Wildman–Crippen MR) is 120 cm³/mol. The number of nitrogens with zero attached hydrogens (tertiary/aromatic N) is 4. The Morgan fingerprint density at radius 1 is 1.00 bits per heavy atom. The summed E-state index contributed by atoms with van der Waals surface area (Å²) in [5.41, 5.74) is 4.53. The second kappa shape index (κ2) is 9.20. The van der Waals surface area contributed by atoms with Gasteiger partial charge in [-0.2, -0.15) is 0 Å². The van der Waals surface area contributed by atoms with Gasteiger partial charge in [-0.3, -0.25) is 0 Å². The van der Waals surface area contributed by atoms with Crippen molar-refractivity contribution in [3.05, 3.63) is 85.2 Å². The fourth-order valence-electron chi connectivity index (χ4n) is 3.20. The van der Waals surface area contributed by atoms with E-state index in [-0.39, 0.29) is 4.90 Å². The molecule has 0 radical (unpaired) electrons. The zero-order valence-corrected chi connectivity index (χ0v) is 18.3. The first-order chi connectivity index (χ1) is 14.8. The fraction of sp³-hybridized carbons (Fsp3) is 0.174. The summed E-state index contributed by atoms with van der Waals surface area (Å²) in [5, 5.41) is 0. The normalized spacial score (nSPS) is 11.2. The molecule has 0 spiro atoms. The monoisotopic (exact) mass is 436 g/mol. The Morgan fingerprint density at radius 3 is 2.16 bits per heavy atom. The Hall–Kier alpha value is -3.36. The number of hydrogen-bond donors (Lipinski definition) is 0. The van der Waals surface area contributed by atoms with Crippen LogP contribution in [0.1, 0.15) is 11.4 Å². The van der Waals surface area contributed by atoms with Crippen molar-refractivity contribution >= 4 is 32.4 Å². The molecule has 2 aromatic carbocycles. The van der Waals surface area contributed by atoms with E-state index >= 15 is 0 Å². The number of allylic oxidation sites excluding steroid dienone is 2. The number of imidazole rings is 1. The third-order valence-electron chi connectivity index (χ3n) is 4.76. The van der Waals surface area contributed by atoms with E-state index in [9.17, 15) is 13.0 Å². The molecule has 2 aromatic heterocycles. The number of para-hydroxylation sites is 2. The van der Waals surface area contributed by atoms with Crippen LogP contribution in [0.15, 0.2) is 78.7 Å². The summed E-state index contributed by atoms with van der Waals surface area (Å²) in [6.45, 7) is 13.0. The van der Waals surface area contributed by atoms with Gasteiger partial charge >= 0.3 is 5.65 Å². The van der Waals surface area contributed by atoms with E-state index in [1.54, 1.807) is 12.1 Å². The highest BCUT2D eigenvalue weighted by Gasteiger charge is 2.22. The highest BCUT2D eigenvalue weighted by Crippen LogP contribution is 2.16. The maximum absolute atomic E-state index is 10.4. The van der Waals surface area contributed by atoms with Crippen LogP contribution in [0.5, 0.6) is 0 Å². The molecule has 0 bridgehead atoms.